The minimum absolute atomic E-state index is 0.466. The number of fused-ring (bicyclic) bond motifs is 3. The van der Waals surface area contributed by atoms with E-state index in [1.165, 1.54) is 17.9 Å². The topological polar surface area (TPSA) is 43.0 Å². The van der Waals surface area contributed by atoms with Crippen LogP contribution in [0, 0.1) is 21.0 Å². The Morgan fingerprint density at radius 3 is 2.04 bits per heavy atom. The fraction of sp³-hybridized carbons (Fsp3) is 0.250. The summed E-state index contributed by atoms with van der Waals surface area (Å²) in [4.78, 5) is 0. The van der Waals surface area contributed by atoms with Crippen LogP contribution >= 0.6 is 61.1 Å². The number of halogens is 3. The van der Waals surface area contributed by atoms with Crippen LogP contribution in [0.3, 0.4) is 0 Å². The molecule has 1 N–H and O–H groups in total. The second kappa shape index (κ2) is 7.64. The molecule has 0 spiro atoms. The van der Waals surface area contributed by atoms with Gasteiger partial charge in [-0.05, 0) is 111 Å². The molecule has 0 aliphatic heterocycles. The summed E-state index contributed by atoms with van der Waals surface area (Å²) >= 11 is 8.26. The summed E-state index contributed by atoms with van der Waals surface area (Å²) in [6, 6.07) is 13.0. The monoisotopic (exact) mass is 649 g/mol. The lowest BCUT2D eigenvalue weighted by Gasteiger charge is -2.15. The molecular formula is C20H18BrI2N3O. The van der Waals surface area contributed by atoms with Gasteiger partial charge in [-0.3, -0.25) is 4.68 Å². The van der Waals surface area contributed by atoms with Gasteiger partial charge in [-0.1, -0.05) is 0 Å². The normalized spacial score (nSPS) is 13.0. The lowest BCUT2D eigenvalue weighted by molar-refractivity contribution is 0.132. The number of benzene rings is 2. The van der Waals surface area contributed by atoms with Gasteiger partial charge >= 0.3 is 0 Å². The predicted molar refractivity (Wildman–Crippen MR) is 130 cm³/mol. The molecule has 140 valence electrons. The molecule has 7 heteroatoms. The lowest BCUT2D eigenvalue weighted by Crippen LogP contribution is -2.23. The lowest BCUT2D eigenvalue weighted by atomic mass is 10.2. The largest absolute Gasteiger partial charge is 0.389 e. The third-order valence-corrected chi connectivity index (χ3v) is 7.35. The third kappa shape index (κ3) is 3.67. The zero-order valence-electron chi connectivity index (χ0n) is 14.9. The third-order valence-electron chi connectivity index (χ3n) is 4.86. The molecule has 0 saturated carbocycles. The van der Waals surface area contributed by atoms with Crippen LogP contribution in [0.5, 0.6) is 0 Å². The second-order valence-corrected chi connectivity index (χ2v) is 10.0. The molecule has 1 atom stereocenters. The Hall–Kier alpha value is -0.650. The van der Waals surface area contributed by atoms with Crippen molar-refractivity contribution in [3.05, 3.63) is 59.4 Å². The Bertz CT molecular complexity index is 1110. The summed E-state index contributed by atoms with van der Waals surface area (Å²) in [6.07, 6.45) is -0.535. The summed E-state index contributed by atoms with van der Waals surface area (Å²) in [5, 5.41) is 17.8. The van der Waals surface area contributed by atoms with Crippen molar-refractivity contribution in [3.63, 3.8) is 0 Å². The average molecular weight is 650 g/mol. The minimum Gasteiger partial charge on any atom is -0.389 e. The maximum atomic E-state index is 10.8. The van der Waals surface area contributed by atoms with E-state index in [2.05, 4.69) is 107 Å². The van der Waals surface area contributed by atoms with E-state index in [1.54, 1.807) is 0 Å². The Kier molecular flexibility index (Phi) is 5.56. The molecule has 4 nitrogen and oxygen atoms in total. The molecule has 2 aromatic carbocycles. The van der Waals surface area contributed by atoms with Gasteiger partial charge in [-0.2, -0.15) is 5.10 Å². The zero-order valence-corrected chi connectivity index (χ0v) is 20.8. The molecule has 0 bridgehead atoms. The summed E-state index contributed by atoms with van der Waals surface area (Å²) in [5.41, 5.74) is 4.29. The highest BCUT2D eigenvalue weighted by molar-refractivity contribution is 14.1. The number of nitrogens with zero attached hydrogens (tertiary/aromatic N) is 3. The van der Waals surface area contributed by atoms with Crippen molar-refractivity contribution < 1.29 is 5.11 Å². The van der Waals surface area contributed by atoms with E-state index in [0.717, 1.165) is 26.9 Å². The van der Waals surface area contributed by atoms with Crippen LogP contribution in [0.15, 0.2) is 40.9 Å². The van der Waals surface area contributed by atoms with Crippen molar-refractivity contribution in [3.8, 4) is 0 Å². The Balaban J connectivity index is 1.75. The van der Waals surface area contributed by atoms with Crippen molar-refractivity contribution in [1.29, 1.82) is 0 Å². The Morgan fingerprint density at radius 1 is 1.00 bits per heavy atom. The smallest absolute Gasteiger partial charge is 0.0914 e. The minimum atomic E-state index is -0.535. The molecule has 0 fully saturated rings. The quantitative estimate of drug-likeness (QED) is 0.291. The number of rotatable bonds is 4. The molecule has 0 aliphatic carbocycles. The molecule has 2 aromatic heterocycles. The highest BCUT2D eigenvalue weighted by atomic mass is 127. The van der Waals surface area contributed by atoms with Crippen LogP contribution in [0.2, 0.25) is 0 Å². The molecule has 0 aliphatic rings. The fourth-order valence-electron chi connectivity index (χ4n) is 3.57. The van der Waals surface area contributed by atoms with Gasteiger partial charge in [0.15, 0.2) is 0 Å². The number of aryl methyl sites for hydroxylation is 1. The molecular weight excluding hydrogens is 632 g/mol. The van der Waals surface area contributed by atoms with Crippen LogP contribution in [-0.4, -0.2) is 25.6 Å². The molecule has 0 amide bonds. The van der Waals surface area contributed by atoms with Crippen molar-refractivity contribution in [2.24, 2.45) is 0 Å². The van der Waals surface area contributed by atoms with Crippen LogP contribution < -0.4 is 0 Å². The van der Waals surface area contributed by atoms with Crippen LogP contribution in [0.4, 0.5) is 0 Å². The summed E-state index contributed by atoms with van der Waals surface area (Å²) in [5.74, 6) is 0. The molecule has 4 aromatic rings. The first-order valence-corrected chi connectivity index (χ1v) is 11.5. The second-order valence-electron chi connectivity index (χ2n) is 6.75. The van der Waals surface area contributed by atoms with Crippen LogP contribution in [0.1, 0.15) is 11.4 Å². The van der Waals surface area contributed by atoms with Gasteiger partial charge in [0.05, 0.1) is 29.4 Å². The number of aliphatic hydroxyl groups excluding tert-OH is 1. The van der Waals surface area contributed by atoms with Gasteiger partial charge in [0.25, 0.3) is 0 Å². The average Bonchev–Trinajstić information content (AvgIpc) is 3.04. The highest BCUT2D eigenvalue weighted by Crippen LogP contribution is 2.32. The van der Waals surface area contributed by atoms with Crippen LogP contribution in [-0.2, 0) is 13.1 Å². The first kappa shape index (κ1) is 19.7. The molecule has 0 radical (unpaired) electrons. The van der Waals surface area contributed by atoms with Crippen molar-refractivity contribution in [2.75, 3.05) is 0 Å². The molecule has 0 unspecified atom stereocenters. The number of hydrogen-bond acceptors (Lipinski definition) is 2. The fourth-order valence-corrected chi connectivity index (χ4v) is 4.83. The van der Waals surface area contributed by atoms with Crippen molar-refractivity contribution >= 4 is 82.9 Å². The number of aliphatic hydroxyl groups is 1. The molecule has 2 heterocycles. The summed E-state index contributed by atoms with van der Waals surface area (Å²) in [7, 11) is 0. The Labute approximate surface area is 193 Å². The van der Waals surface area contributed by atoms with E-state index in [9.17, 15) is 5.11 Å². The predicted octanol–water partition coefficient (Wildman–Crippen LogP) is 5.64. The molecule has 4 rings (SSSR count). The number of aromatic nitrogens is 3. The summed E-state index contributed by atoms with van der Waals surface area (Å²) < 4.78 is 7.54. The van der Waals surface area contributed by atoms with E-state index < -0.39 is 6.10 Å². The van der Waals surface area contributed by atoms with E-state index in [4.69, 9.17) is 0 Å². The van der Waals surface area contributed by atoms with Gasteiger partial charge in [-0.25, -0.2) is 0 Å². The standard InChI is InChI=1S/C20H18BrI2N3O/c1-11-20(21)12(2)26(24-11)10-15(27)9-25-18-5-3-13(22)7-16(18)17-8-14(23)4-6-19(17)25/h3-8,15,27H,9-10H2,1-2H3/t15-/m1/s1. The maximum absolute atomic E-state index is 10.8. The molecule has 27 heavy (non-hydrogen) atoms. The van der Waals surface area contributed by atoms with Gasteiger partial charge in [0.1, 0.15) is 0 Å². The first-order valence-electron chi connectivity index (χ1n) is 8.59. The van der Waals surface area contributed by atoms with Gasteiger partial charge in [-0.15, -0.1) is 0 Å². The van der Waals surface area contributed by atoms with E-state index in [0.29, 0.717) is 13.1 Å². The van der Waals surface area contributed by atoms with Gasteiger partial charge in [0, 0.05) is 34.6 Å². The van der Waals surface area contributed by atoms with Gasteiger partial charge in [0.2, 0.25) is 0 Å². The zero-order chi connectivity index (χ0) is 19.3. The van der Waals surface area contributed by atoms with Crippen molar-refractivity contribution in [2.45, 2.75) is 33.0 Å². The highest BCUT2D eigenvalue weighted by Gasteiger charge is 2.17. The Morgan fingerprint density at radius 2 is 1.56 bits per heavy atom. The maximum Gasteiger partial charge on any atom is 0.0914 e. The van der Waals surface area contributed by atoms with E-state index in [-0.39, 0.29) is 0 Å². The SMILES string of the molecule is Cc1nn(C[C@H](O)Cn2c3ccc(I)cc3c3cc(I)ccc32)c(C)c1Br. The number of hydrogen-bond donors (Lipinski definition) is 1. The van der Waals surface area contributed by atoms with E-state index in [1.807, 2.05) is 18.5 Å². The first-order chi connectivity index (χ1) is 12.8. The van der Waals surface area contributed by atoms with Gasteiger partial charge < -0.3 is 9.67 Å². The molecule has 0 saturated heterocycles. The van der Waals surface area contributed by atoms with Crippen LogP contribution in [0.25, 0.3) is 21.8 Å². The van der Waals surface area contributed by atoms with E-state index >= 15 is 0 Å². The summed E-state index contributed by atoms with van der Waals surface area (Å²) in [6.45, 7) is 4.97. The van der Waals surface area contributed by atoms with Crippen molar-refractivity contribution in [1.82, 2.24) is 14.3 Å².